The number of piperazine rings is 1. The lowest BCUT2D eigenvalue weighted by atomic mass is 9.93. The number of hydrogen-bond acceptors (Lipinski definition) is 4. The zero-order valence-corrected chi connectivity index (χ0v) is 19.2. The molecule has 0 aliphatic carbocycles. The molecule has 1 N–H and O–H groups in total. The second kappa shape index (κ2) is 8.80. The fraction of sp³-hybridized carbons (Fsp3) is 0.391. The number of aryl methyl sites for hydroxylation is 2. The van der Waals surface area contributed by atoms with Gasteiger partial charge in [-0.3, -0.25) is 14.5 Å². The van der Waals surface area contributed by atoms with Gasteiger partial charge >= 0.3 is 0 Å². The standard InChI is InChI=1S/C23H29N3O4S/c1-5-19-8-6-7-9-20(19)26-21(27)15-25(31(4,29)30)16-23(26,3)22(28)24-14-18-12-10-17(2)11-13-18/h6-13H,5,14-16H2,1-4H3,(H,24,28)/t23-/m1/s1. The fourth-order valence-electron chi connectivity index (χ4n) is 3.88. The first kappa shape index (κ1) is 23.0. The summed E-state index contributed by atoms with van der Waals surface area (Å²) in [5.74, 6) is -0.828. The molecular weight excluding hydrogens is 414 g/mol. The molecule has 0 radical (unpaired) electrons. The van der Waals surface area contributed by atoms with Gasteiger partial charge in [-0.2, -0.15) is 4.31 Å². The van der Waals surface area contributed by atoms with Gasteiger partial charge in [0.1, 0.15) is 5.54 Å². The number of carbonyl (C=O) groups is 2. The molecule has 1 aliphatic heterocycles. The third-order valence-electron chi connectivity index (χ3n) is 5.68. The van der Waals surface area contributed by atoms with Crippen molar-refractivity contribution in [1.29, 1.82) is 0 Å². The van der Waals surface area contributed by atoms with Gasteiger partial charge in [0.2, 0.25) is 21.8 Å². The number of nitrogens with zero attached hydrogens (tertiary/aromatic N) is 2. The molecule has 2 amide bonds. The number of amides is 2. The summed E-state index contributed by atoms with van der Waals surface area (Å²) in [6.07, 6.45) is 1.73. The summed E-state index contributed by atoms with van der Waals surface area (Å²) in [6, 6.07) is 15.2. The van der Waals surface area contributed by atoms with Crippen molar-refractivity contribution in [3.8, 4) is 0 Å². The van der Waals surface area contributed by atoms with Gasteiger partial charge in [0.25, 0.3) is 0 Å². The van der Waals surface area contributed by atoms with Crippen molar-refractivity contribution in [1.82, 2.24) is 9.62 Å². The van der Waals surface area contributed by atoms with E-state index in [9.17, 15) is 18.0 Å². The summed E-state index contributed by atoms with van der Waals surface area (Å²) >= 11 is 0. The van der Waals surface area contributed by atoms with Crippen LogP contribution in [-0.2, 0) is 32.6 Å². The maximum absolute atomic E-state index is 13.4. The van der Waals surface area contributed by atoms with E-state index in [0.717, 1.165) is 27.3 Å². The van der Waals surface area contributed by atoms with Crippen LogP contribution in [0.4, 0.5) is 5.69 Å². The van der Waals surface area contributed by atoms with Crippen molar-refractivity contribution in [3.05, 3.63) is 65.2 Å². The van der Waals surface area contributed by atoms with Crippen LogP contribution >= 0.6 is 0 Å². The van der Waals surface area contributed by atoms with Crippen LogP contribution in [0.1, 0.15) is 30.5 Å². The third kappa shape index (κ3) is 4.80. The molecule has 0 spiro atoms. The number of nitrogens with one attached hydrogen (secondary N) is 1. The highest BCUT2D eigenvalue weighted by Crippen LogP contribution is 2.33. The van der Waals surface area contributed by atoms with Crippen molar-refractivity contribution in [2.45, 2.75) is 39.3 Å². The zero-order chi connectivity index (χ0) is 22.8. The lowest BCUT2D eigenvalue weighted by molar-refractivity contribution is -0.133. The number of sulfonamides is 1. The van der Waals surface area contributed by atoms with E-state index in [2.05, 4.69) is 5.32 Å². The lowest BCUT2D eigenvalue weighted by Gasteiger charge is -2.47. The minimum Gasteiger partial charge on any atom is -0.350 e. The Kier molecular flexibility index (Phi) is 6.52. The van der Waals surface area contributed by atoms with Crippen molar-refractivity contribution in [3.63, 3.8) is 0 Å². The molecule has 1 atom stereocenters. The first-order chi connectivity index (χ1) is 14.6. The first-order valence-corrected chi connectivity index (χ1v) is 12.1. The van der Waals surface area contributed by atoms with Crippen molar-refractivity contribution in [2.75, 3.05) is 24.2 Å². The Morgan fingerprint density at radius 3 is 2.39 bits per heavy atom. The van der Waals surface area contributed by atoms with Crippen molar-refractivity contribution in [2.24, 2.45) is 0 Å². The number of hydrogen-bond donors (Lipinski definition) is 1. The lowest BCUT2D eigenvalue weighted by Crippen LogP contribution is -2.70. The predicted molar refractivity (Wildman–Crippen MR) is 121 cm³/mol. The SMILES string of the molecule is CCc1ccccc1N1C(=O)CN(S(C)(=O)=O)C[C@]1(C)C(=O)NCc1ccc(C)cc1. The Hall–Kier alpha value is -2.71. The molecule has 1 saturated heterocycles. The minimum absolute atomic E-state index is 0.116. The Morgan fingerprint density at radius 2 is 1.77 bits per heavy atom. The second-order valence-electron chi connectivity index (χ2n) is 8.18. The maximum Gasteiger partial charge on any atom is 0.247 e. The normalized spacial score (nSPS) is 20.0. The Labute approximate surface area is 184 Å². The van der Waals surface area contributed by atoms with Gasteiger partial charge < -0.3 is 5.32 Å². The van der Waals surface area contributed by atoms with Crippen LogP contribution in [0.15, 0.2) is 48.5 Å². The summed E-state index contributed by atoms with van der Waals surface area (Å²) in [4.78, 5) is 28.1. The number of benzene rings is 2. The maximum atomic E-state index is 13.4. The Morgan fingerprint density at radius 1 is 1.13 bits per heavy atom. The van der Waals surface area contributed by atoms with Gasteiger partial charge in [0, 0.05) is 18.8 Å². The third-order valence-corrected chi connectivity index (χ3v) is 6.88. The highest BCUT2D eigenvalue weighted by molar-refractivity contribution is 7.88. The summed E-state index contributed by atoms with van der Waals surface area (Å²) in [5, 5.41) is 2.90. The molecule has 166 valence electrons. The molecule has 1 heterocycles. The monoisotopic (exact) mass is 443 g/mol. The average Bonchev–Trinajstić information content (AvgIpc) is 2.72. The summed E-state index contributed by atoms with van der Waals surface area (Å²) in [6.45, 7) is 5.46. The molecule has 1 fully saturated rings. The van der Waals surface area contributed by atoms with Crippen LogP contribution in [-0.4, -0.2) is 49.4 Å². The molecule has 7 nitrogen and oxygen atoms in total. The molecule has 0 unspecified atom stereocenters. The van der Waals surface area contributed by atoms with Gasteiger partial charge in [-0.05, 0) is 37.5 Å². The minimum atomic E-state index is -3.65. The quantitative estimate of drug-likeness (QED) is 0.742. The van der Waals surface area contributed by atoms with Crippen LogP contribution in [0, 0.1) is 6.92 Å². The average molecular weight is 444 g/mol. The van der Waals surface area contributed by atoms with Crippen molar-refractivity contribution >= 4 is 27.5 Å². The fourth-order valence-corrected chi connectivity index (χ4v) is 4.71. The summed E-state index contributed by atoms with van der Waals surface area (Å²) in [5.41, 5.74) is 2.20. The molecule has 1 aliphatic rings. The Bertz CT molecular complexity index is 1080. The molecule has 0 aromatic heterocycles. The van der Waals surface area contributed by atoms with Gasteiger partial charge in [0.15, 0.2) is 0 Å². The van der Waals surface area contributed by atoms with Crippen LogP contribution in [0.5, 0.6) is 0 Å². The van der Waals surface area contributed by atoms with Crippen LogP contribution in [0.2, 0.25) is 0 Å². The smallest absolute Gasteiger partial charge is 0.247 e. The zero-order valence-electron chi connectivity index (χ0n) is 18.4. The van der Waals surface area contributed by atoms with Crippen LogP contribution in [0.3, 0.4) is 0 Å². The van der Waals surface area contributed by atoms with Crippen molar-refractivity contribution < 1.29 is 18.0 Å². The van der Waals surface area contributed by atoms with E-state index in [1.54, 1.807) is 13.0 Å². The van der Waals surface area contributed by atoms with Gasteiger partial charge in [-0.15, -0.1) is 0 Å². The van der Waals surface area contributed by atoms with E-state index >= 15 is 0 Å². The van der Waals surface area contributed by atoms with Crippen LogP contribution in [0.25, 0.3) is 0 Å². The van der Waals surface area contributed by atoms with Gasteiger partial charge in [0.05, 0.1) is 12.8 Å². The first-order valence-electron chi connectivity index (χ1n) is 10.3. The highest BCUT2D eigenvalue weighted by atomic mass is 32.2. The summed E-state index contributed by atoms with van der Waals surface area (Å²) in [7, 11) is -3.65. The molecule has 31 heavy (non-hydrogen) atoms. The van der Waals surface area contributed by atoms with Crippen LogP contribution < -0.4 is 10.2 Å². The van der Waals surface area contributed by atoms with Gasteiger partial charge in [-0.25, -0.2) is 8.42 Å². The topological polar surface area (TPSA) is 86.8 Å². The number of carbonyl (C=O) groups excluding carboxylic acids is 2. The van der Waals surface area contributed by atoms with E-state index in [1.807, 2.05) is 56.3 Å². The molecule has 3 rings (SSSR count). The van der Waals surface area contributed by atoms with E-state index in [-0.39, 0.29) is 19.6 Å². The summed E-state index contributed by atoms with van der Waals surface area (Å²) < 4.78 is 25.6. The molecule has 0 saturated carbocycles. The van der Waals surface area contributed by atoms with E-state index < -0.39 is 27.4 Å². The number of anilines is 1. The largest absolute Gasteiger partial charge is 0.350 e. The molecule has 0 bridgehead atoms. The van der Waals surface area contributed by atoms with E-state index in [0.29, 0.717) is 12.1 Å². The molecule has 8 heteroatoms. The molecular formula is C23H29N3O4S. The Balaban J connectivity index is 1.98. The highest BCUT2D eigenvalue weighted by Gasteiger charge is 2.50. The van der Waals surface area contributed by atoms with E-state index in [1.165, 1.54) is 4.90 Å². The number of para-hydroxylation sites is 1. The molecule has 2 aromatic rings. The van der Waals surface area contributed by atoms with Gasteiger partial charge in [-0.1, -0.05) is 55.0 Å². The second-order valence-corrected chi connectivity index (χ2v) is 10.2. The predicted octanol–water partition coefficient (Wildman–Crippen LogP) is 2.24. The van der Waals surface area contributed by atoms with E-state index in [4.69, 9.17) is 0 Å². The number of rotatable bonds is 6. The molecule has 2 aromatic carbocycles.